The van der Waals surface area contributed by atoms with Crippen molar-refractivity contribution in [3.05, 3.63) is 88.9 Å². The van der Waals surface area contributed by atoms with Crippen LogP contribution in [0.3, 0.4) is 0 Å². The fourth-order valence-electron chi connectivity index (χ4n) is 4.04. The minimum Gasteiger partial charge on any atom is -0.619 e. The molecule has 2 aromatic carbocycles. The molecule has 0 bridgehead atoms. The van der Waals surface area contributed by atoms with Gasteiger partial charge in [0, 0.05) is 54.6 Å². The van der Waals surface area contributed by atoms with Gasteiger partial charge < -0.3 is 20.7 Å². The van der Waals surface area contributed by atoms with Crippen molar-refractivity contribution in [2.24, 2.45) is 0 Å². The average Bonchev–Trinajstić information content (AvgIpc) is 3.04. The molecule has 2 N–H and O–H groups in total. The van der Waals surface area contributed by atoms with Gasteiger partial charge in [-0.25, -0.2) is 0 Å². The first kappa shape index (κ1) is 21.4. The zero-order valence-corrected chi connectivity index (χ0v) is 18.4. The summed E-state index contributed by atoms with van der Waals surface area (Å²) in [5.41, 5.74) is 4.56. The van der Waals surface area contributed by atoms with Crippen molar-refractivity contribution in [1.29, 1.82) is 0 Å². The van der Waals surface area contributed by atoms with Crippen molar-refractivity contribution in [2.45, 2.75) is 32.7 Å². The Morgan fingerprint density at radius 1 is 1.09 bits per heavy atom. The molecule has 0 aliphatic carbocycles. The zero-order valence-electron chi connectivity index (χ0n) is 18.4. The van der Waals surface area contributed by atoms with Crippen LogP contribution in [0, 0.1) is 5.21 Å². The minimum absolute atomic E-state index is 0.0155. The summed E-state index contributed by atoms with van der Waals surface area (Å²) in [6.07, 6.45) is 2.88. The largest absolute Gasteiger partial charge is 0.619 e. The van der Waals surface area contributed by atoms with E-state index in [9.17, 15) is 14.8 Å². The Kier molecular flexibility index (Phi) is 5.57. The van der Waals surface area contributed by atoms with Gasteiger partial charge in [-0.2, -0.15) is 4.73 Å². The average molecular weight is 431 g/mol. The van der Waals surface area contributed by atoms with Crippen LogP contribution in [-0.4, -0.2) is 18.4 Å². The number of pyridine rings is 1. The molecule has 1 aliphatic rings. The first-order valence-corrected chi connectivity index (χ1v) is 10.5. The molecule has 1 aliphatic heterocycles. The lowest BCUT2D eigenvalue weighted by Crippen LogP contribution is -2.32. The number of carbonyl (C=O) groups excluding carboxylic acids is 2. The van der Waals surface area contributed by atoms with Crippen LogP contribution < -0.4 is 20.3 Å². The summed E-state index contributed by atoms with van der Waals surface area (Å²) >= 11 is 0. The molecule has 4 rings (SSSR count). The summed E-state index contributed by atoms with van der Waals surface area (Å²) < 4.78 is 0.732. The summed E-state index contributed by atoms with van der Waals surface area (Å²) in [7, 11) is 0. The van der Waals surface area contributed by atoms with E-state index in [1.165, 1.54) is 12.4 Å². The number of benzene rings is 2. The van der Waals surface area contributed by atoms with Crippen LogP contribution in [-0.2, 0) is 16.8 Å². The number of nitrogens with zero attached hydrogens (tertiary/aromatic N) is 2. The first-order chi connectivity index (χ1) is 15.2. The third-order valence-corrected chi connectivity index (χ3v) is 5.73. The van der Waals surface area contributed by atoms with Crippen LogP contribution in [0.5, 0.6) is 0 Å². The molecule has 2 heterocycles. The highest BCUT2D eigenvalue weighted by Crippen LogP contribution is 2.41. The van der Waals surface area contributed by atoms with Crippen molar-refractivity contribution in [3.63, 3.8) is 0 Å². The Morgan fingerprint density at radius 2 is 1.81 bits per heavy atom. The Bertz CT molecular complexity index is 1170. The van der Waals surface area contributed by atoms with Crippen molar-refractivity contribution < 1.29 is 14.3 Å². The van der Waals surface area contributed by atoms with E-state index in [1.54, 1.807) is 30.0 Å². The maximum absolute atomic E-state index is 13.1. The Labute approximate surface area is 187 Å². The van der Waals surface area contributed by atoms with Crippen molar-refractivity contribution >= 4 is 28.9 Å². The summed E-state index contributed by atoms with van der Waals surface area (Å²) in [4.78, 5) is 26.9. The number of hydrogen-bond donors (Lipinski definition) is 2. The van der Waals surface area contributed by atoms with Crippen LogP contribution >= 0.6 is 0 Å². The van der Waals surface area contributed by atoms with E-state index < -0.39 is 0 Å². The Balaban J connectivity index is 1.53. The second kappa shape index (κ2) is 8.34. The van der Waals surface area contributed by atoms with E-state index in [1.807, 2.05) is 36.4 Å². The number of rotatable bonds is 5. The highest BCUT2D eigenvalue weighted by Gasteiger charge is 2.36. The van der Waals surface area contributed by atoms with E-state index in [0.29, 0.717) is 30.0 Å². The molecule has 1 aromatic heterocycles. The summed E-state index contributed by atoms with van der Waals surface area (Å²) in [5.74, 6) is -0.261. The summed E-state index contributed by atoms with van der Waals surface area (Å²) in [5, 5.41) is 17.4. The molecule has 0 spiro atoms. The van der Waals surface area contributed by atoms with Crippen molar-refractivity contribution in [2.75, 3.05) is 22.1 Å². The quantitative estimate of drug-likeness (QED) is 0.476. The second-order valence-corrected chi connectivity index (χ2v) is 8.64. The van der Waals surface area contributed by atoms with Gasteiger partial charge in [0.25, 0.3) is 5.91 Å². The number of nitrogens with one attached hydrogen (secondary N) is 2. The smallest absolute Gasteiger partial charge is 0.257 e. The number of aromatic nitrogens is 1. The molecule has 0 unspecified atom stereocenters. The molecule has 32 heavy (non-hydrogen) atoms. The predicted molar refractivity (Wildman–Crippen MR) is 125 cm³/mol. The molecule has 7 nitrogen and oxygen atoms in total. The maximum atomic E-state index is 13.1. The number of amides is 2. The molecule has 164 valence electrons. The van der Waals surface area contributed by atoms with E-state index >= 15 is 0 Å². The highest BCUT2D eigenvalue weighted by atomic mass is 16.5. The normalized spacial score (nSPS) is 14.0. The van der Waals surface area contributed by atoms with Gasteiger partial charge in [0.1, 0.15) is 0 Å². The molecule has 3 aromatic rings. The number of anilines is 3. The Morgan fingerprint density at radius 3 is 2.53 bits per heavy atom. The third kappa shape index (κ3) is 4.27. The van der Waals surface area contributed by atoms with Gasteiger partial charge in [0.05, 0.1) is 5.56 Å². The summed E-state index contributed by atoms with van der Waals surface area (Å²) in [6.45, 7) is 6.87. The lowest BCUT2D eigenvalue weighted by Gasteiger charge is -2.19. The van der Waals surface area contributed by atoms with E-state index in [0.717, 1.165) is 21.5 Å². The number of fused-ring (bicyclic) bond motifs is 1. The van der Waals surface area contributed by atoms with Crippen molar-refractivity contribution in [3.8, 4) is 0 Å². The van der Waals surface area contributed by atoms with Gasteiger partial charge in [0.2, 0.25) is 5.91 Å². The SMILES string of the molecule is CC(=O)N1CC(C)(C)c2ccc(NC(=O)c3ccccc3NCc3cc[n+]([O-])cc3)cc21. The molecule has 0 fully saturated rings. The zero-order chi connectivity index (χ0) is 22.9. The number of para-hydroxylation sites is 1. The third-order valence-electron chi connectivity index (χ3n) is 5.73. The monoisotopic (exact) mass is 430 g/mol. The molecular formula is C25H26N4O3. The Hall–Kier alpha value is -3.87. The van der Waals surface area contributed by atoms with Gasteiger partial charge in [0.15, 0.2) is 12.4 Å². The predicted octanol–water partition coefficient (Wildman–Crippen LogP) is 3.83. The molecule has 0 radical (unpaired) electrons. The van der Waals surface area contributed by atoms with Gasteiger partial charge in [-0.1, -0.05) is 32.0 Å². The van der Waals surface area contributed by atoms with Gasteiger partial charge in [-0.15, -0.1) is 0 Å². The van der Waals surface area contributed by atoms with E-state index in [4.69, 9.17) is 0 Å². The van der Waals surface area contributed by atoms with E-state index in [-0.39, 0.29) is 17.2 Å². The number of carbonyl (C=O) groups is 2. The maximum Gasteiger partial charge on any atom is 0.257 e. The van der Waals surface area contributed by atoms with Gasteiger partial charge in [-0.05, 0) is 35.4 Å². The van der Waals surface area contributed by atoms with Crippen molar-refractivity contribution in [1.82, 2.24) is 0 Å². The van der Waals surface area contributed by atoms with Crippen LogP contribution in [0.4, 0.5) is 17.1 Å². The molecule has 0 saturated carbocycles. The molecule has 2 amide bonds. The van der Waals surface area contributed by atoms with Gasteiger partial charge in [-0.3, -0.25) is 9.59 Å². The minimum atomic E-state index is -0.245. The molecule has 0 saturated heterocycles. The van der Waals surface area contributed by atoms with Crippen LogP contribution in [0.1, 0.15) is 42.3 Å². The lowest BCUT2D eigenvalue weighted by atomic mass is 9.87. The topological polar surface area (TPSA) is 88.4 Å². The summed E-state index contributed by atoms with van der Waals surface area (Å²) in [6, 6.07) is 16.5. The van der Waals surface area contributed by atoms with Gasteiger partial charge >= 0.3 is 0 Å². The lowest BCUT2D eigenvalue weighted by molar-refractivity contribution is -0.605. The first-order valence-electron chi connectivity index (χ1n) is 10.5. The second-order valence-electron chi connectivity index (χ2n) is 8.64. The molecule has 0 atom stereocenters. The fraction of sp³-hybridized carbons (Fsp3) is 0.240. The standard InChI is InChI=1S/C25H26N4O3/c1-17(30)29-16-25(2,3)21-9-8-19(14-23(21)29)27-24(31)20-6-4-5-7-22(20)26-15-18-10-12-28(32)13-11-18/h4-14,26H,15-16H2,1-3H3,(H,27,31). The fourth-order valence-corrected chi connectivity index (χ4v) is 4.04. The number of hydrogen-bond acceptors (Lipinski definition) is 4. The molecule has 7 heteroatoms. The van der Waals surface area contributed by atoms with Crippen LogP contribution in [0.25, 0.3) is 0 Å². The highest BCUT2D eigenvalue weighted by molar-refractivity contribution is 6.08. The molecular weight excluding hydrogens is 404 g/mol. The van der Waals surface area contributed by atoms with E-state index in [2.05, 4.69) is 24.5 Å². The van der Waals surface area contributed by atoms with Crippen LogP contribution in [0.15, 0.2) is 67.0 Å². The van der Waals surface area contributed by atoms with Crippen LogP contribution in [0.2, 0.25) is 0 Å².